The van der Waals surface area contributed by atoms with Crippen molar-refractivity contribution in [3.05, 3.63) is 64.7 Å². The Morgan fingerprint density at radius 1 is 1.12 bits per heavy atom. The van der Waals surface area contributed by atoms with Gasteiger partial charge in [0.25, 0.3) is 0 Å². The van der Waals surface area contributed by atoms with Crippen LogP contribution in [0.2, 0.25) is 5.02 Å². The highest BCUT2D eigenvalue weighted by Gasteiger charge is 2.13. The van der Waals surface area contributed by atoms with Crippen LogP contribution in [0, 0.1) is 6.92 Å². The molecule has 0 fully saturated rings. The molecule has 0 spiro atoms. The highest BCUT2D eigenvalue weighted by Crippen LogP contribution is 2.24. The summed E-state index contributed by atoms with van der Waals surface area (Å²) in [5.41, 5.74) is 2.60. The number of amides is 1. The summed E-state index contributed by atoms with van der Waals surface area (Å²) in [6.07, 6.45) is 0. The van der Waals surface area contributed by atoms with Crippen molar-refractivity contribution in [2.24, 2.45) is 0 Å². The van der Waals surface area contributed by atoms with Gasteiger partial charge in [-0.1, -0.05) is 41.4 Å². The third kappa shape index (κ3) is 6.80. The van der Waals surface area contributed by atoms with E-state index in [2.05, 4.69) is 36.5 Å². The number of carbonyl (C=O) groups excluding carboxylic acids is 1. The van der Waals surface area contributed by atoms with Crippen LogP contribution in [-0.2, 0) is 10.5 Å². The Hall–Kier alpha value is -1.10. The third-order valence-corrected chi connectivity index (χ3v) is 5.82. The average Bonchev–Trinajstić information content (AvgIpc) is 2.58. The van der Waals surface area contributed by atoms with E-state index in [-0.39, 0.29) is 11.2 Å². The number of benzene rings is 2. The molecule has 0 heterocycles. The van der Waals surface area contributed by atoms with Crippen molar-refractivity contribution in [2.45, 2.75) is 29.7 Å². The lowest BCUT2D eigenvalue weighted by Crippen LogP contribution is -2.32. The second-order valence-corrected chi connectivity index (χ2v) is 8.50. The van der Waals surface area contributed by atoms with Gasteiger partial charge in [-0.2, -0.15) is 11.8 Å². The van der Waals surface area contributed by atoms with Gasteiger partial charge in [0.1, 0.15) is 0 Å². The van der Waals surface area contributed by atoms with Gasteiger partial charge in [0, 0.05) is 28.0 Å². The third-order valence-electron chi connectivity index (χ3n) is 3.43. The summed E-state index contributed by atoms with van der Waals surface area (Å²) >= 11 is 9.25. The summed E-state index contributed by atoms with van der Waals surface area (Å²) in [4.78, 5) is 13.2. The second-order valence-electron chi connectivity index (χ2n) is 5.54. The van der Waals surface area contributed by atoms with Crippen molar-refractivity contribution in [1.29, 1.82) is 0 Å². The topological polar surface area (TPSA) is 29.1 Å². The zero-order chi connectivity index (χ0) is 17.4. The molecular formula is C19H22ClNOS2. The molecule has 5 heteroatoms. The lowest BCUT2D eigenvalue weighted by Gasteiger charge is -2.12. The van der Waals surface area contributed by atoms with Crippen molar-refractivity contribution >= 4 is 41.0 Å². The van der Waals surface area contributed by atoms with E-state index < -0.39 is 0 Å². The van der Waals surface area contributed by atoms with Gasteiger partial charge in [0.05, 0.1) is 5.25 Å². The molecule has 0 bridgehead atoms. The van der Waals surface area contributed by atoms with Crippen LogP contribution >= 0.6 is 35.1 Å². The number of thioether (sulfide) groups is 2. The van der Waals surface area contributed by atoms with Crippen LogP contribution < -0.4 is 5.32 Å². The molecule has 2 aromatic carbocycles. The SMILES string of the molecule is Cc1ccc(CSCCNC(=O)[C@@H](C)Sc2ccc(Cl)cc2)cc1. The summed E-state index contributed by atoms with van der Waals surface area (Å²) in [5, 5.41) is 3.60. The van der Waals surface area contributed by atoms with E-state index in [0.29, 0.717) is 11.6 Å². The minimum atomic E-state index is -0.117. The second kappa shape index (κ2) is 10.0. The molecule has 128 valence electrons. The Morgan fingerprint density at radius 2 is 1.79 bits per heavy atom. The van der Waals surface area contributed by atoms with Gasteiger partial charge in [-0.05, 0) is 43.7 Å². The van der Waals surface area contributed by atoms with Gasteiger partial charge in [0.15, 0.2) is 0 Å². The van der Waals surface area contributed by atoms with Crippen LogP contribution in [0.3, 0.4) is 0 Å². The fourth-order valence-electron chi connectivity index (χ4n) is 2.04. The van der Waals surface area contributed by atoms with Crippen LogP contribution in [0.5, 0.6) is 0 Å². The molecule has 0 saturated carbocycles. The molecule has 2 aromatic rings. The predicted octanol–water partition coefficient (Wildman–Crippen LogP) is 5.18. The Morgan fingerprint density at radius 3 is 2.46 bits per heavy atom. The smallest absolute Gasteiger partial charge is 0.233 e. The lowest BCUT2D eigenvalue weighted by molar-refractivity contribution is -0.120. The van der Waals surface area contributed by atoms with Gasteiger partial charge in [0.2, 0.25) is 5.91 Å². The van der Waals surface area contributed by atoms with E-state index in [0.717, 1.165) is 16.4 Å². The zero-order valence-corrected chi connectivity index (χ0v) is 16.3. The number of rotatable bonds is 8. The van der Waals surface area contributed by atoms with Gasteiger partial charge in [-0.25, -0.2) is 0 Å². The average molecular weight is 380 g/mol. The maximum Gasteiger partial charge on any atom is 0.233 e. The maximum atomic E-state index is 12.1. The van der Waals surface area contributed by atoms with Gasteiger partial charge in [-0.15, -0.1) is 11.8 Å². The molecule has 2 nitrogen and oxygen atoms in total. The molecule has 0 aliphatic rings. The van der Waals surface area contributed by atoms with Crippen LogP contribution in [0.25, 0.3) is 0 Å². The van der Waals surface area contributed by atoms with Crippen LogP contribution in [0.1, 0.15) is 18.1 Å². The van der Waals surface area contributed by atoms with Crippen molar-refractivity contribution in [3.63, 3.8) is 0 Å². The molecule has 0 aliphatic carbocycles. The first-order chi connectivity index (χ1) is 11.5. The first-order valence-corrected chi connectivity index (χ1v) is 10.3. The van der Waals surface area contributed by atoms with Gasteiger partial charge < -0.3 is 5.32 Å². The Bertz CT molecular complexity index is 643. The Kier molecular flexibility index (Phi) is 8.03. The minimum Gasteiger partial charge on any atom is -0.354 e. The molecule has 0 aliphatic heterocycles. The maximum absolute atomic E-state index is 12.1. The fourth-order valence-corrected chi connectivity index (χ4v) is 3.87. The van der Waals surface area contributed by atoms with Crippen LogP contribution in [0.4, 0.5) is 0 Å². The molecule has 24 heavy (non-hydrogen) atoms. The minimum absolute atomic E-state index is 0.0749. The molecule has 0 aromatic heterocycles. The highest BCUT2D eigenvalue weighted by atomic mass is 35.5. The molecule has 1 N–H and O–H groups in total. The number of hydrogen-bond acceptors (Lipinski definition) is 3. The van der Waals surface area contributed by atoms with E-state index in [4.69, 9.17) is 11.6 Å². The summed E-state index contributed by atoms with van der Waals surface area (Å²) in [6.45, 7) is 4.71. The number of nitrogens with one attached hydrogen (secondary N) is 1. The molecule has 0 radical (unpaired) electrons. The number of halogens is 1. The lowest BCUT2D eigenvalue weighted by atomic mass is 10.2. The summed E-state index contributed by atoms with van der Waals surface area (Å²) in [6, 6.07) is 16.1. The molecular weight excluding hydrogens is 358 g/mol. The van der Waals surface area contributed by atoms with E-state index in [1.807, 2.05) is 43.0 Å². The molecule has 1 atom stereocenters. The number of hydrogen-bond donors (Lipinski definition) is 1. The van der Waals surface area contributed by atoms with Crippen molar-refractivity contribution in [3.8, 4) is 0 Å². The quantitative estimate of drug-likeness (QED) is 0.506. The molecule has 0 unspecified atom stereocenters. The Balaban J connectivity index is 1.63. The predicted molar refractivity (Wildman–Crippen MR) is 107 cm³/mol. The van der Waals surface area contributed by atoms with Gasteiger partial charge >= 0.3 is 0 Å². The van der Waals surface area contributed by atoms with Crippen molar-refractivity contribution in [2.75, 3.05) is 12.3 Å². The molecule has 1 amide bonds. The first kappa shape index (κ1) is 19.2. The summed E-state index contributed by atoms with van der Waals surface area (Å²) in [5.74, 6) is 1.97. The van der Waals surface area contributed by atoms with E-state index in [1.165, 1.54) is 11.1 Å². The standard InChI is InChI=1S/C19H22ClNOS2/c1-14-3-5-16(6-4-14)13-23-12-11-21-19(22)15(2)24-18-9-7-17(20)8-10-18/h3-10,15H,11-13H2,1-2H3,(H,21,22)/t15-/m1/s1. The first-order valence-electron chi connectivity index (χ1n) is 7.88. The normalized spacial score (nSPS) is 12.0. The summed E-state index contributed by atoms with van der Waals surface area (Å²) in [7, 11) is 0. The van der Waals surface area contributed by atoms with E-state index in [1.54, 1.807) is 11.8 Å². The largest absolute Gasteiger partial charge is 0.354 e. The molecule has 0 saturated heterocycles. The van der Waals surface area contributed by atoms with E-state index >= 15 is 0 Å². The van der Waals surface area contributed by atoms with Crippen LogP contribution in [0.15, 0.2) is 53.4 Å². The van der Waals surface area contributed by atoms with E-state index in [9.17, 15) is 4.79 Å². The van der Waals surface area contributed by atoms with Crippen molar-refractivity contribution in [1.82, 2.24) is 5.32 Å². The zero-order valence-electron chi connectivity index (χ0n) is 13.9. The fraction of sp³-hybridized carbons (Fsp3) is 0.316. The molecule has 2 rings (SSSR count). The van der Waals surface area contributed by atoms with Crippen LogP contribution in [-0.4, -0.2) is 23.5 Å². The highest BCUT2D eigenvalue weighted by molar-refractivity contribution is 8.00. The van der Waals surface area contributed by atoms with Crippen molar-refractivity contribution < 1.29 is 4.79 Å². The Labute approximate surface area is 157 Å². The number of aryl methyl sites for hydroxylation is 1. The number of carbonyl (C=O) groups is 1. The van der Waals surface area contributed by atoms with Gasteiger partial charge in [-0.3, -0.25) is 4.79 Å². The monoisotopic (exact) mass is 379 g/mol. The summed E-state index contributed by atoms with van der Waals surface area (Å²) < 4.78 is 0.